The minimum absolute atomic E-state index is 0.112. The van der Waals surface area contributed by atoms with Crippen LogP contribution in [0.5, 0.6) is 5.75 Å². The fourth-order valence-corrected chi connectivity index (χ4v) is 4.64. The van der Waals surface area contributed by atoms with E-state index < -0.39 is 0 Å². The first kappa shape index (κ1) is 21.1. The van der Waals surface area contributed by atoms with Crippen LogP contribution in [0.4, 0.5) is 17.1 Å². The zero-order valence-electron chi connectivity index (χ0n) is 18.9. The fraction of sp³-hybridized carbons (Fsp3) is 0.222. The number of benzene rings is 3. The van der Waals surface area contributed by atoms with Crippen molar-refractivity contribution < 1.29 is 9.53 Å². The van der Waals surface area contributed by atoms with E-state index in [1.807, 2.05) is 25.1 Å². The number of ether oxygens (including phenoxy) is 1. The highest BCUT2D eigenvalue weighted by Gasteiger charge is 2.26. The lowest BCUT2D eigenvalue weighted by molar-refractivity contribution is -0.110. The van der Waals surface area contributed by atoms with Gasteiger partial charge in [-0.3, -0.25) is 9.69 Å². The van der Waals surface area contributed by atoms with Gasteiger partial charge in [-0.2, -0.15) is 0 Å². The molecule has 2 heterocycles. The molecule has 6 nitrogen and oxygen atoms in total. The van der Waals surface area contributed by atoms with Crippen LogP contribution in [0, 0.1) is 0 Å². The standard InChI is InChI=1S/C27H28N4O2/c1-17(26-24-14-21(28)6-10-25(24)30-27(26)32)29-22-7-3-18(4-8-22)15-31-12-11-19-5-9-23(33-2)13-20(19)16-31/h3-10,13-14,29H,11-12,15-16,28H2,1-2H3,(H,30,32)/b26-17-. The van der Waals surface area contributed by atoms with Crippen LogP contribution in [0.2, 0.25) is 0 Å². The summed E-state index contributed by atoms with van der Waals surface area (Å²) in [6, 6.07) is 20.2. The summed E-state index contributed by atoms with van der Waals surface area (Å²) < 4.78 is 5.39. The minimum atomic E-state index is -0.112. The molecule has 0 unspecified atom stereocenters. The Kier molecular flexibility index (Phi) is 5.52. The van der Waals surface area contributed by atoms with Crippen LogP contribution >= 0.6 is 0 Å². The first-order valence-electron chi connectivity index (χ1n) is 11.2. The Labute approximate surface area is 194 Å². The van der Waals surface area contributed by atoms with Gasteiger partial charge in [0.05, 0.1) is 12.7 Å². The molecule has 0 radical (unpaired) electrons. The van der Waals surface area contributed by atoms with Crippen LogP contribution in [0.3, 0.4) is 0 Å². The number of hydrogen-bond acceptors (Lipinski definition) is 5. The normalized spacial score (nSPS) is 16.6. The molecule has 1 amide bonds. The van der Waals surface area contributed by atoms with Crippen molar-refractivity contribution in [2.24, 2.45) is 0 Å². The third kappa shape index (κ3) is 4.30. The number of carbonyl (C=O) groups excluding carboxylic acids is 1. The van der Waals surface area contributed by atoms with Gasteiger partial charge in [-0.05, 0) is 72.5 Å². The predicted octanol–water partition coefficient (Wildman–Crippen LogP) is 4.63. The number of allylic oxidation sites excluding steroid dienone is 1. The predicted molar refractivity (Wildman–Crippen MR) is 133 cm³/mol. The van der Waals surface area contributed by atoms with Gasteiger partial charge in [0.25, 0.3) is 5.91 Å². The second kappa shape index (κ2) is 8.64. The zero-order valence-corrected chi connectivity index (χ0v) is 18.9. The number of methoxy groups -OCH3 is 1. The Morgan fingerprint density at radius 1 is 1.09 bits per heavy atom. The third-order valence-electron chi connectivity index (χ3n) is 6.36. The maximum absolute atomic E-state index is 12.5. The Morgan fingerprint density at radius 3 is 2.70 bits per heavy atom. The van der Waals surface area contributed by atoms with Crippen LogP contribution in [0.15, 0.2) is 66.4 Å². The van der Waals surface area contributed by atoms with Crippen LogP contribution in [0.25, 0.3) is 5.57 Å². The van der Waals surface area contributed by atoms with Crippen molar-refractivity contribution in [3.05, 3.63) is 88.6 Å². The molecule has 0 fully saturated rings. The summed E-state index contributed by atoms with van der Waals surface area (Å²) in [5.74, 6) is 0.802. The van der Waals surface area contributed by atoms with Crippen molar-refractivity contribution in [3.8, 4) is 5.75 Å². The molecule has 33 heavy (non-hydrogen) atoms. The molecule has 5 rings (SSSR count). The summed E-state index contributed by atoms with van der Waals surface area (Å²) in [6.45, 7) is 4.78. The van der Waals surface area contributed by atoms with Crippen molar-refractivity contribution in [3.63, 3.8) is 0 Å². The molecular formula is C27H28N4O2. The Morgan fingerprint density at radius 2 is 1.91 bits per heavy atom. The van der Waals surface area contributed by atoms with E-state index in [0.717, 1.165) is 54.4 Å². The van der Waals surface area contributed by atoms with Gasteiger partial charge in [0.15, 0.2) is 0 Å². The summed E-state index contributed by atoms with van der Waals surface area (Å²) in [6.07, 6.45) is 1.06. The summed E-state index contributed by atoms with van der Waals surface area (Å²) in [5.41, 5.74) is 14.6. The topological polar surface area (TPSA) is 79.6 Å². The first-order valence-corrected chi connectivity index (χ1v) is 11.2. The zero-order chi connectivity index (χ0) is 22.9. The summed E-state index contributed by atoms with van der Waals surface area (Å²) in [4.78, 5) is 15.0. The van der Waals surface area contributed by atoms with Crippen LogP contribution in [-0.2, 0) is 24.3 Å². The van der Waals surface area contributed by atoms with Gasteiger partial charge in [0, 0.05) is 48.0 Å². The lowest BCUT2D eigenvalue weighted by atomic mass is 9.99. The van der Waals surface area contributed by atoms with E-state index in [2.05, 4.69) is 51.9 Å². The molecule has 2 aliphatic rings. The molecule has 0 spiro atoms. The number of amides is 1. The second-order valence-electron chi connectivity index (χ2n) is 8.68. The number of rotatable bonds is 5. The number of nitrogens with one attached hydrogen (secondary N) is 2. The van der Waals surface area contributed by atoms with Crippen LogP contribution in [0.1, 0.15) is 29.2 Å². The van der Waals surface area contributed by atoms with Gasteiger partial charge in [0.2, 0.25) is 0 Å². The van der Waals surface area contributed by atoms with Gasteiger partial charge in [0.1, 0.15) is 5.75 Å². The molecule has 3 aromatic carbocycles. The van der Waals surface area contributed by atoms with Gasteiger partial charge in [-0.15, -0.1) is 0 Å². The molecule has 0 atom stereocenters. The van der Waals surface area contributed by atoms with E-state index >= 15 is 0 Å². The lowest BCUT2D eigenvalue weighted by Gasteiger charge is -2.29. The van der Waals surface area contributed by atoms with Crippen molar-refractivity contribution in [2.45, 2.75) is 26.4 Å². The molecule has 0 aliphatic carbocycles. The molecule has 168 valence electrons. The van der Waals surface area contributed by atoms with Gasteiger partial charge in [-0.25, -0.2) is 0 Å². The molecule has 3 aromatic rings. The highest BCUT2D eigenvalue weighted by atomic mass is 16.5. The van der Waals surface area contributed by atoms with E-state index in [4.69, 9.17) is 10.5 Å². The Bertz CT molecular complexity index is 1250. The van der Waals surface area contributed by atoms with Gasteiger partial charge < -0.3 is 21.1 Å². The molecule has 0 aromatic heterocycles. The van der Waals surface area contributed by atoms with Gasteiger partial charge >= 0.3 is 0 Å². The fourth-order valence-electron chi connectivity index (χ4n) is 4.64. The minimum Gasteiger partial charge on any atom is -0.497 e. The number of hydrogen-bond donors (Lipinski definition) is 3. The van der Waals surface area contributed by atoms with Crippen LogP contribution < -0.4 is 21.1 Å². The number of carbonyl (C=O) groups is 1. The Hall–Kier alpha value is -3.77. The molecule has 0 bridgehead atoms. The van der Waals surface area contributed by atoms with Crippen LogP contribution in [-0.4, -0.2) is 24.5 Å². The largest absolute Gasteiger partial charge is 0.497 e. The van der Waals surface area contributed by atoms with E-state index in [1.165, 1.54) is 16.7 Å². The molecule has 0 saturated heterocycles. The van der Waals surface area contributed by atoms with E-state index in [-0.39, 0.29) is 5.91 Å². The molecule has 4 N–H and O–H groups in total. The molecular weight excluding hydrogens is 412 g/mol. The number of nitrogen functional groups attached to an aromatic ring is 1. The average molecular weight is 441 g/mol. The number of fused-ring (bicyclic) bond motifs is 2. The maximum Gasteiger partial charge on any atom is 0.258 e. The summed E-state index contributed by atoms with van der Waals surface area (Å²) >= 11 is 0. The monoisotopic (exact) mass is 440 g/mol. The average Bonchev–Trinajstić information content (AvgIpc) is 3.14. The molecule has 6 heteroatoms. The molecule has 2 aliphatic heterocycles. The summed E-state index contributed by atoms with van der Waals surface area (Å²) in [7, 11) is 1.71. The summed E-state index contributed by atoms with van der Waals surface area (Å²) in [5, 5.41) is 6.29. The number of nitrogens with two attached hydrogens (primary N) is 1. The number of anilines is 3. The highest BCUT2D eigenvalue weighted by molar-refractivity contribution is 6.32. The first-order chi connectivity index (χ1) is 16.0. The van der Waals surface area contributed by atoms with Crippen molar-refractivity contribution in [1.82, 2.24) is 4.90 Å². The van der Waals surface area contributed by atoms with E-state index in [9.17, 15) is 4.79 Å². The maximum atomic E-state index is 12.5. The van der Waals surface area contributed by atoms with Crippen molar-refractivity contribution in [2.75, 3.05) is 30.0 Å². The smallest absolute Gasteiger partial charge is 0.258 e. The second-order valence-corrected chi connectivity index (χ2v) is 8.68. The third-order valence-corrected chi connectivity index (χ3v) is 6.36. The van der Waals surface area contributed by atoms with E-state index in [1.54, 1.807) is 13.2 Å². The lowest BCUT2D eigenvalue weighted by Crippen LogP contribution is -2.30. The number of nitrogens with zero attached hydrogens (tertiary/aromatic N) is 1. The molecule has 0 saturated carbocycles. The highest BCUT2D eigenvalue weighted by Crippen LogP contribution is 2.35. The quantitative estimate of drug-likeness (QED) is 0.398. The van der Waals surface area contributed by atoms with E-state index in [0.29, 0.717) is 11.3 Å². The Balaban J connectivity index is 1.27. The van der Waals surface area contributed by atoms with Crippen molar-refractivity contribution in [1.29, 1.82) is 0 Å². The SMILES string of the molecule is COc1ccc2c(c1)CN(Cc1ccc(N/C(C)=C3\C(=O)Nc4ccc(N)cc43)cc1)CC2. The van der Waals surface area contributed by atoms with Crippen molar-refractivity contribution >= 4 is 28.5 Å². The van der Waals surface area contributed by atoms with Gasteiger partial charge in [-0.1, -0.05) is 18.2 Å².